The smallest absolute Gasteiger partial charge is 0.214 e. The minimum atomic E-state index is -1.79. The number of benzene rings is 4. The molecule has 218 valence electrons. The van der Waals surface area contributed by atoms with Crippen LogP contribution in [0.1, 0.15) is 70.0 Å². The fourth-order valence-electron chi connectivity index (χ4n) is 6.39. The standard InChI is InChI=1S/C37H36N2O2P.HI/c1-28-38-34-35(37(41)33-25-15-14-24-32(33)36(34)40)39(28)26-16-3-2-4-17-27-42(29-18-8-5-9-19-29,30-20-10-6-11-21-30)31-22-12-7-13-23-31;/h5-15,18-25H,2-4,16-17,26-27H2,1H3;1H/q+1;/p-1. The Hall–Kier alpha value is -3.41. The van der Waals surface area contributed by atoms with Gasteiger partial charge in [-0.05, 0) is 62.6 Å². The van der Waals surface area contributed by atoms with E-state index in [2.05, 4.69) is 96.0 Å². The zero-order chi connectivity index (χ0) is 28.9. The van der Waals surface area contributed by atoms with Crippen LogP contribution in [0.2, 0.25) is 0 Å². The monoisotopic (exact) mass is 698 g/mol. The van der Waals surface area contributed by atoms with Gasteiger partial charge < -0.3 is 28.5 Å². The molecule has 0 saturated carbocycles. The molecule has 1 aliphatic carbocycles. The molecule has 6 heteroatoms. The van der Waals surface area contributed by atoms with Gasteiger partial charge in [-0.1, -0.05) is 91.7 Å². The second-order valence-corrected chi connectivity index (χ2v) is 14.6. The van der Waals surface area contributed by atoms with Crippen molar-refractivity contribution in [3.63, 3.8) is 0 Å². The Kier molecular flexibility index (Phi) is 10.0. The van der Waals surface area contributed by atoms with E-state index in [9.17, 15) is 9.59 Å². The maximum Gasteiger partial charge on any atom is 0.214 e. The summed E-state index contributed by atoms with van der Waals surface area (Å²) >= 11 is 0. The molecule has 4 aromatic carbocycles. The molecule has 1 heterocycles. The number of aryl methyl sites for hydroxylation is 1. The van der Waals surface area contributed by atoms with Gasteiger partial charge >= 0.3 is 0 Å². The molecule has 0 aliphatic heterocycles. The second-order valence-electron chi connectivity index (χ2n) is 11.0. The maximum atomic E-state index is 13.3. The summed E-state index contributed by atoms with van der Waals surface area (Å²) in [5, 5.41) is 4.30. The predicted molar refractivity (Wildman–Crippen MR) is 173 cm³/mol. The van der Waals surface area contributed by atoms with Gasteiger partial charge in [-0.3, -0.25) is 9.59 Å². The summed E-state index contributed by atoms with van der Waals surface area (Å²) in [7, 11) is -1.79. The average molecular weight is 699 g/mol. The van der Waals surface area contributed by atoms with E-state index in [1.54, 1.807) is 18.2 Å². The molecule has 43 heavy (non-hydrogen) atoms. The van der Waals surface area contributed by atoms with Crippen molar-refractivity contribution in [3.8, 4) is 0 Å². The molecule has 1 aromatic heterocycles. The summed E-state index contributed by atoms with van der Waals surface area (Å²) in [5.41, 5.74) is 1.71. The third kappa shape index (κ3) is 6.03. The zero-order valence-corrected chi connectivity index (χ0v) is 27.5. The Bertz CT molecular complexity index is 1600. The topological polar surface area (TPSA) is 52.0 Å². The number of hydrogen-bond acceptors (Lipinski definition) is 3. The van der Waals surface area contributed by atoms with Crippen LogP contribution >= 0.6 is 7.26 Å². The zero-order valence-electron chi connectivity index (χ0n) is 24.5. The highest BCUT2D eigenvalue weighted by atomic mass is 127. The number of carbonyl (C=O) groups excluding carboxylic acids is 2. The molecule has 0 fully saturated rings. The minimum absolute atomic E-state index is 0. The van der Waals surface area contributed by atoms with Gasteiger partial charge in [-0.2, -0.15) is 0 Å². The van der Waals surface area contributed by atoms with Crippen LogP contribution < -0.4 is 39.9 Å². The van der Waals surface area contributed by atoms with Gasteiger partial charge in [0, 0.05) is 17.7 Å². The molecule has 1 aliphatic rings. The molecule has 0 unspecified atom stereocenters. The van der Waals surface area contributed by atoms with E-state index in [4.69, 9.17) is 0 Å². The van der Waals surface area contributed by atoms with Gasteiger partial charge in [-0.25, -0.2) is 4.98 Å². The molecule has 0 spiro atoms. The van der Waals surface area contributed by atoms with E-state index < -0.39 is 7.26 Å². The predicted octanol–water partition coefficient (Wildman–Crippen LogP) is 3.92. The molecule has 0 N–H and O–H groups in total. The number of unbranched alkanes of at least 4 members (excludes halogenated alkanes) is 4. The fraction of sp³-hybridized carbons (Fsp3) is 0.216. The average Bonchev–Trinajstić information content (AvgIpc) is 3.38. The summed E-state index contributed by atoms with van der Waals surface area (Å²) in [4.78, 5) is 30.8. The lowest BCUT2D eigenvalue weighted by Crippen LogP contribution is -3.00. The van der Waals surface area contributed by atoms with Crippen LogP contribution in [0.3, 0.4) is 0 Å². The van der Waals surface area contributed by atoms with Gasteiger partial charge in [0.05, 0.1) is 6.16 Å². The van der Waals surface area contributed by atoms with Crippen molar-refractivity contribution in [3.05, 3.63) is 144 Å². The van der Waals surface area contributed by atoms with E-state index in [1.807, 2.05) is 17.6 Å². The molecule has 0 bridgehead atoms. The summed E-state index contributed by atoms with van der Waals surface area (Å²) in [6.07, 6.45) is 6.58. The maximum absolute atomic E-state index is 13.3. The van der Waals surface area contributed by atoms with Gasteiger partial charge in [-0.15, -0.1) is 0 Å². The van der Waals surface area contributed by atoms with E-state index in [0.29, 0.717) is 29.1 Å². The van der Waals surface area contributed by atoms with Crippen LogP contribution in [-0.4, -0.2) is 27.3 Å². The number of halogens is 1. The van der Waals surface area contributed by atoms with Crippen LogP contribution in [0.15, 0.2) is 115 Å². The van der Waals surface area contributed by atoms with E-state index in [0.717, 1.165) is 44.1 Å². The SMILES string of the molecule is Cc1nc2c(n1CCCCCCC[P+](c1ccccc1)(c1ccccc1)c1ccccc1)C(=O)c1ccccc1C2=O.[I-]. The van der Waals surface area contributed by atoms with Crippen molar-refractivity contribution in [1.29, 1.82) is 0 Å². The number of imidazole rings is 1. The van der Waals surface area contributed by atoms with Gasteiger partial charge in [0.15, 0.2) is 0 Å². The van der Waals surface area contributed by atoms with Crippen molar-refractivity contribution in [1.82, 2.24) is 9.55 Å². The fourth-order valence-corrected chi connectivity index (χ4v) is 10.8. The lowest BCUT2D eigenvalue weighted by Gasteiger charge is -2.27. The van der Waals surface area contributed by atoms with Crippen LogP contribution in [0.5, 0.6) is 0 Å². The van der Waals surface area contributed by atoms with Crippen molar-refractivity contribution >= 4 is 34.7 Å². The van der Waals surface area contributed by atoms with E-state index >= 15 is 0 Å². The number of carbonyl (C=O) groups is 2. The summed E-state index contributed by atoms with van der Waals surface area (Å²) in [5.74, 6) is 0.491. The highest BCUT2D eigenvalue weighted by Crippen LogP contribution is 2.56. The summed E-state index contributed by atoms with van der Waals surface area (Å²) < 4.78 is 1.96. The van der Waals surface area contributed by atoms with E-state index in [-0.39, 0.29) is 35.5 Å². The van der Waals surface area contributed by atoms with Crippen LogP contribution in [0, 0.1) is 6.92 Å². The molecule has 0 radical (unpaired) electrons. The second kappa shape index (κ2) is 13.9. The summed E-state index contributed by atoms with van der Waals surface area (Å²) in [6.45, 7) is 2.59. The molecule has 0 saturated heterocycles. The Morgan fingerprint density at radius 3 is 1.56 bits per heavy atom. The Balaban J connectivity index is 0.00000368. The van der Waals surface area contributed by atoms with Crippen molar-refractivity contribution in [2.75, 3.05) is 6.16 Å². The van der Waals surface area contributed by atoms with Crippen LogP contribution in [0.4, 0.5) is 0 Å². The van der Waals surface area contributed by atoms with Crippen molar-refractivity contribution in [2.45, 2.75) is 45.6 Å². The Labute approximate surface area is 271 Å². The van der Waals surface area contributed by atoms with Crippen LogP contribution in [-0.2, 0) is 6.54 Å². The van der Waals surface area contributed by atoms with E-state index in [1.165, 1.54) is 15.9 Å². The number of ketones is 2. The molecule has 0 amide bonds. The van der Waals surface area contributed by atoms with Crippen molar-refractivity contribution < 1.29 is 33.6 Å². The lowest BCUT2D eigenvalue weighted by atomic mass is 9.90. The first-order chi connectivity index (χ1) is 20.6. The molecular formula is C37H36IN2O2P. The Morgan fingerprint density at radius 1 is 0.581 bits per heavy atom. The minimum Gasteiger partial charge on any atom is -1.00 e. The first-order valence-corrected chi connectivity index (χ1v) is 16.9. The van der Waals surface area contributed by atoms with Gasteiger partial charge in [0.1, 0.15) is 40.4 Å². The molecule has 5 aromatic rings. The van der Waals surface area contributed by atoms with Crippen LogP contribution in [0.25, 0.3) is 0 Å². The molecule has 6 rings (SSSR count). The first-order valence-electron chi connectivity index (χ1n) is 14.9. The number of rotatable bonds is 11. The highest BCUT2D eigenvalue weighted by molar-refractivity contribution is 7.95. The highest BCUT2D eigenvalue weighted by Gasteiger charge is 2.44. The third-order valence-electron chi connectivity index (χ3n) is 8.47. The Morgan fingerprint density at radius 2 is 1.02 bits per heavy atom. The summed E-state index contributed by atoms with van der Waals surface area (Å²) in [6, 6.07) is 40.3. The third-order valence-corrected chi connectivity index (χ3v) is 13.0. The number of fused-ring (bicyclic) bond motifs is 2. The van der Waals surface area contributed by atoms with Gasteiger partial charge in [0.2, 0.25) is 11.6 Å². The quantitative estimate of drug-likeness (QED) is 0.117. The molecule has 0 atom stereocenters. The molecular weight excluding hydrogens is 662 g/mol. The van der Waals surface area contributed by atoms with Crippen molar-refractivity contribution in [2.24, 2.45) is 0 Å². The largest absolute Gasteiger partial charge is 1.00 e. The molecule has 4 nitrogen and oxygen atoms in total. The number of aromatic nitrogens is 2. The first kappa shape index (κ1) is 31.0. The normalized spacial score (nSPS) is 12.4. The van der Waals surface area contributed by atoms with Gasteiger partial charge in [0.25, 0.3) is 0 Å². The lowest BCUT2D eigenvalue weighted by molar-refractivity contribution is -0.0000222. The number of nitrogens with zero attached hydrogens (tertiary/aromatic N) is 2. The number of hydrogen-bond donors (Lipinski definition) is 0.